The van der Waals surface area contributed by atoms with E-state index in [9.17, 15) is 28.8 Å². The van der Waals surface area contributed by atoms with Gasteiger partial charge in [0, 0.05) is 73.1 Å². The maximum Gasteiger partial charge on any atom is 0.303 e. The predicted molar refractivity (Wildman–Crippen MR) is 307 cm³/mol. The van der Waals surface area contributed by atoms with Gasteiger partial charge in [-0.1, -0.05) is 273 Å². The Hall–Kier alpha value is -2.23. The van der Waals surface area contributed by atoms with Crippen LogP contribution in [0.3, 0.4) is 0 Å². The second kappa shape index (κ2) is 84.7. The summed E-state index contributed by atoms with van der Waals surface area (Å²) in [4.78, 5) is 60.8. The zero-order valence-corrected chi connectivity index (χ0v) is 51.6. The van der Waals surface area contributed by atoms with Crippen molar-refractivity contribution in [1.82, 2.24) is 0 Å². The van der Waals surface area contributed by atoms with E-state index in [1.807, 2.05) is 0 Å². The minimum Gasteiger partial charge on any atom is -0.481 e. The van der Waals surface area contributed by atoms with Gasteiger partial charge in [-0.05, 0) is 38.5 Å². The number of carboxylic acids is 6. The molecule has 74 heavy (non-hydrogen) atoms. The maximum atomic E-state index is 10.1. The summed E-state index contributed by atoms with van der Waals surface area (Å²) in [7, 11) is 0. The van der Waals surface area contributed by atoms with Crippen molar-refractivity contribution in [2.45, 2.75) is 350 Å². The van der Waals surface area contributed by atoms with Gasteiger partial charge in [-0.15, -0.1) is 0 Å². The summed E-state index contributed by atoms with van der Waals surface area (Å²) in [6, 6.07) is 0. The standard InChI is InChI=1S/6C10H20O2.B.Zr/c6*1-2-3-4-5-6-7-8-9-10(11)12;;/h6*2-9H2,1H3,(H,11,12);;. The number of aliphatic carboxylic acids is 6. The zero-order valence-electron chi connectivity index (χ0n) is 49.2. The van der Waals surface area contributed by atoms with Crippen LogP contribution in [0.2, 0.25) is 0 Å². The molecule has 0 aliphatic heterocycles. The molecule has 0 aromatic carbocycles. The minimum atomic E-state index is -0.663. The Morgan fingerprint density at radius 3 is 0.351 bits per heavy atom. The molecule has 0 saturated heterocycles. The van der Waals surface area contributed by atoms with Crippen molar-refractivity contribution in [3.05, 3.63) is 0 Å². The molecule has 0 heterocycles. The third-order valence-electron chi connectivity index (χ3n) is 12.0. The summed E-state index contributed by atoms with van der Waals surface area (Å²) in [5.74, 6) is -3.98. The monoisotopic (exact) mass is 1130 g/mol. The number of carbonyl (C=O) groups is 6. The normalized spacial score (nSPS) is 9.81. The van der Waals surface area contributed by atoms with Crippen molar-refractivity contribution in [2.75, 3.05) is 0 Å². The Morgan fingerprint density at radius 1 is 0.189 bits per heavy atom. The molecule has 0 spiro atoms. The van der Waals surface area contributed by atoms with Gasteiger partial charge >= 0.3 is 35.8 Å². The molecule has 0 aliphatic carbocycles. The van der Waals surface area contributed by atoms with Crippen molar-refractivity contribution in [1.29, 1.82) is 0 Å². The van der Waals surface area contributed by atoms with Gasteiger partial charge in [0.1, 0.15) is 0 Å². The summed E-state index contributed by atoms with van der Waals surface area (Å²) in [5, 5.41) is 50.1. The Bertz CT molecular complexity index is 895. The molecular weight excluding hydrogens is 1010 g/mol. The Kier molecular flexibility index (Phi) is 101. The Balaban J connectivity index is -0.000000117. The fourth-order valence-corrected chi connectivity index (χ4v) is 7.40. The molecule has 0 aromatic heterocycles. The van der Waals surface area contributed by atoms with Gasteiger partial charge in [0.15, 0.2) is 0 Å². The maximum absolute atomic E-state index is 10.1. The van der Waals surface area contributed by atoms with Crippen LogP contribution in [0.4, 0.5) is 0 Å². The minimum absolute atomic E-state index is 0. The average molecular weight is 1140 g/mol. The molecule has 0 rings (SSSR count). The van der Waals surface area contributed by atoms with Crippen LogP contribution in [0.1, 0.15) is 350 Å². The largest absolute Gasteiger partial charge is 0.481 e. The molecule has 0 saturated carbocycles. The second-order valence-corrected chi connectivity index (χ2v) is 19.6. The molecule has 3 radical (unpaired) electrons. The molecule has 6 N–H and O–H groups in total. The number of unbranched alkanes of at least 4 members (excludes halogenated alkanes) is 36. The van der Waals surface area contributed by atoms with Gasteiger partial charge in [0.2, 0.25) is 0 Å². The van der Waals surface area contributed by atoms with E-state index >= 15 is 0 Å². The molecule has 0 amide bonds. The zero-order chi connectivity index (χ0) is 55.4. The Labute approximate surface area is 477 Å². The summed E-state index contributed by atoms with van der Waals surface area (Å²) >= 11 is 0. The van der Waals surface area contributed by atoms with E-state index in [2.05, 4.69) is 41.5 Å². The second-order valence-electron chi connectivity index (χ2n) is 19.6. The molecule has 0 aromatic rings. The van der Waals surface area contributed by atoms with Crippen LogP contribution in [0.25, 0.3) is 0 Å². The van der Waals surface area contributed by atoms with E-state index in [4.69, 9.17) is 30.6 Å². The molecule has 0 atom stereocenters. The van der Waals surface area contributed by atoms with Gasteiger partial charge in [0.25, 0.3) is 0 Å². The molecular formula is C60H120BO12Zr. The van der Waals surface area contributed by atoms with Crippen LogP contribution < -0.4 is 0 Å². The van der Waals surface area contributed by atoms with Crippen molar-refractivity contribution >= 4 is 44.2 Å². The topological polar surface area (TPSA) is 224 Å². The summed E-state index contributed by atoms with van der Waals surface area (Å²) in [5.41, 5.74) is 0. The molecule has 14 heteroatoms. The van der Waals surface area contributed by atoms with E-state index in [0.717, 1.165) is 77.0 Å². The first-order valence-corrected chi connectivity index (χ1v) is 29.9. The van der Waals surface area contributed by atoms with Crippen LogP contribution >= 0.6 is 0 Å². The van der Waals surface area contributed by atoms with Crippen LogP contribution in [0.15, 0.2) is 0 Å². The van der Waals surface area contributed by atoms with Crippen LogP contribution in [0.5, 0.6) is 0 Å². The molecule has 0 fully saturated rings. The van der Waals surface area contributed by atoms with E-state index in [0.29, 0.717) is 38.5 Å². The Morgan fingerprint density at radius 2 is 0.270 bits per heavy atom. The fraction of sp³-hybridized carbons (Fsp3) is 0.900. The summed E-state index contributed by atoms with van der Waals surface area (Å²) < 4.78 is 0. The molecule has 0 bridgehead atoms. The number of hydrogen-bond acceptors (Lipinski definition) is 6. The fourth-order valence-electron chi connectivity index (χ4n) is 7.40. The molecule has 12 nitrogen and oxygen atoms in total. The first-order chi connectivity index (χ1) is 34.6. The first-order valence-electron chi connectivity index (χ1n) is 29.9. The van der Waals surface area contributed by atoms with E-state index in [-0.39, 0.29) is 34.6 Å². The van der Waals surface area contributed by atoms with Gasteiger partial charge < -0.3 is 30.6 Å². The number of hydrogen-bond donors (Lipinski definition) is 6. The van der Waals surface area contributed by atoms with Gasteiger partial charge in [-0.2, -0.15) is 0 Å². The van der Waals surface area contributed by atoms with E-state index in [1.165, 1.54) is 193 Å². The van der Waals surface area contributed by atoms with Gasteiger partial charge in [0.05, 0.1) is 0 Å². The van der Waals surface area contributed by atoms with Crippen LogP contribution in [-0.2, 0) is 55.0 Å². The molecule has 0 unspecified atom stereocenters. The van der Waals surface area contributed by atoms with E-state index < -0.39 is 35.8 Å². The SMILES string of the molecule is CCCCCCCCCC(=O)O.CCCCCCCCCC(=O)O.CCCCCCCCCC(=O)O.CCCCCCCCCC(=O)O.CCCCCCCCCC(=O)O.CCCCCCCCCC(=O)O.[B].[Zr]. The molecule has 439 valence electrons. The number of rotatable bonds is 48. The summed E-state index contributed by atoms with van der Waals surface area (Å²) in [6.07, 6.45) is 51.9. The summed E-state index contributed by atoms with van der Waals surface area (Å²) in [6.45, 7) is 13.2. The van der Waals surface area contributed by atoms with Crippen molar-refractivity contribution < 1.29 is 85.6 Å². The van der Waals surface area contributed by atoms with E-state index in [1.54, 1.807) is 0 Å². The van der Waals surface area contributed by atoms with Crippen molar-refractivity contribution in [2.24, 2.45) is 0 Å². The third-order valence-corrected chi connectivity index (χ3v) is 12.0. The smallest absolute Gasteiger partial charge is 0.303 e. The van der Waals surface area contributed by atoms with Crippen LogP contribution in [-0.4, -0.2) is 74.9 Å². The number of carboxylic acid groups (broad SMARTS) is 6. The van der Waals surface area contributed by atoms with Gasteiger partial charge in [-0.25, -0.2) is 0 Å². The quantitative estimate of drug-likeness (QED) is 0.0247. The van der Waals surface area contributed by atoms with Crippen molar-refractivity contribution in [3.8, 4) is 0 Å². The first kappa shape index (κ1) is 88.4. The van der Waals surface area contributed by atoms with Crippen molar-refractivity contribution in [3.63, 3.8) is 0 Å². The van der Waals surface area contributed by atoms with Crippen LogP contribution in [0, 0.1) is 0 Å². The third kappa shape index (κ3) is 123. The van der Waals surface area contributed by atoms with Gasteiger partial charge in [-0.3, -0.25) is 28.8 Å². The molecule has 0 aliphatic rings. The average Bonchev–Trinajstić information content (AvgIpc) is 3.33. The predicted octanol–water partition coefficient (Wildman–Crippen LogP) is 18.9.